The van der Waals surface area contributed by atoms with E-state index in [-0.39, 0.29) is 0 Å². The van der Waals surface area contributed by atoms with Gasteiger partial charge in [0.1, 0.15) is 0 Å². The van der Waals surface area contributed by atoms with E-state index in [1.165, 1.54) is 37.9 Å². The van der Waals surface area contributed by atoms with Crippen LogP contribution in [0.5, 0.6) is 0 Å². The highest BCUT2D eigenvalue weighted by Gasteiger charge is 2.17. The first kappa shape index (κ1) is 27.8. The standard InChI is InChI=1S/C45H29N3/c1-4-14-30(15-5-1)34-26-35(41-29-42-37-21-11-10-16-31(37)24-25-40(42)38-22-12-13-23-39(38)41)28-36(27-34)45-47-43(32-17-6-2-7-18-32)46-44(48-45)33-19-8-3-9-20-33/h1-29H. The molecule has 1 heterocycles. The Morgan fingerprint density at radius 3 is 1.35 bits per heavy atom. The number of aromatic nitrogens is 3. The summed E-state index contributed by atoms with van der Waals surface area (Å²) in [4.78, 5) is 15.1. The number of hydrogen-bond donors (Lipinski definition) is 0. The minimum absolute atomic E-state index is 0.636. The fourth-order valence-electron chi connectivity index (χ4n) is 6.75. The highest BCUT2D eigenvalue weighted by atomic mass is 15.0. The lowest BCUT2D eigenvalue weighted by Gasteiger charge is -2.16. The highest BCUT2D eigenvalue weighted by molar-refractivity contribution is 6.21. The van der Waals surface area contributed by atoms with Crippen LogP contribution in [0.4, 0.5) is 0 Å². The molecule has 0 radical (unpaired) electrons. The van der Waals surface area contributed by atoms with Gasteiger partial charge in [-0.05, 0) is 78.8 Å². The van der Waals surface area contributed by atoms with Crippen molar-refractivity contribution in [1.29, 1.82) is 0 Å². The molecule has 0 aliphatic carbocycles. The lowest BCUT2D eigenvalue weighted by atomic mass is 9.89. The van der Waals surface area contributed by atoms with Crippen LogP contribution in [0.15, 0.2) is 176 Å². The molecule has 9 aromatic rings. The number of rotatable bonds is 5. The normalized spacial score (nSPS) is 11.3. The Morgan fingerprint density at radius 2 is 0.708 bits per heavy atom. The first-order chi connectivity index (χ1) is 23.8. The molecule has 1 aromatic heterocycles. The number of benzene rings is 8. The van der Waals surface area contributed by atoms with Crippen LogP contribution < -0.4 is 0 Å². The zero-order valence-corrected chi connectivity index (χ0v) is 26.1. The zero-order valence-electron chi connectivity index (χ0n) is 26.1. The van der Waals surface area contributed by atoms with Gasteiger partial charge in [-0.1, -0.05) is 152 Å². The van der Waals surface area contributed by atoms with Crippen molar-refractivity contribution in [3.8, 4) is 56.4 Å². The van der Waals surface area contributed by atoms with Gasteiger partial charge in [-0.25, -0.2) is 15.0 Å². The van der Waals surface area contributed by atoms with E-state index < -0.39 is 0 Å². The highest BCUT2D eigenvalue weighted by Crippen LogP contribution is 2.40. The van der Waals surface area contributed by atoms with Crippen LogP contribution in [0.2, 0.25) is 0 Å². The molecule has 0 aliphatic heterocycles. The third-order valence-corrected chi connectivity index (χ3v) is 9.08. The van der Waals surface area contributed by atoms with Crippen molar-refractivity contribution in [2.24, 2.45) is 0 Å². The lowest BCUT2D eigenvalue weighted by molar-refractivity contribution is 1.07. The molecule has 8 aromatic carbocycles. The van der Waals surface area contributed by atoms with Gasteiger partial charge in [0, 0.05) is 16.7 Å². The van der Waals surface area contributed by atoms with Crippen LogP contribution in [-0.4, -0.2) is 15.0 Å². The molecule has 224 valence electrons. The van der Waals surface area contributed by atoms with Crippen molar-refractivity contribution in [3.05, 3.63) is 176 Å². The molecule has 0 unspecified atom stereocenters. The lowest BCUT2D eigenvalue weighted by Crippen LogP contribution is -2.00. The van der Waals surface area contributed by atoms with Crippen molar-refractivity contribution in [1.82, 2.24) is 15.0 Å². The van der Waals surface area contributed by atoms with E-state index >= 15 is 0 Å². The Labute approximate surface area is 278 Å². The van der Waals surface area contributed by atoms with Gasteiger partial charge in [0.2, 0.25) is 0 Å². The summed E-state index contributed by atoms with van der Waals surface area (Å²) in [5.41, 5.74) is 7.36. The van der Waals surface area contributed by atoms with Gasteiger partial charge in [-0.2, -0.15) is 0 Å². The smallest absolute Gasteiger partial charge is 0.164 e. The van der Waals surface area contributed by atoms with Gasteiger partial charge in [-0.3, -0.25) is 0 Å². The molecule has 0 bridgehead atoms. The summed E-state index contributed by atoms with van der Waals surface area (Å²) >= 11 is 0. The summed E-state index contributed by atoms with van der Waals surface area (Å²) in [7, 11) is 0. The molecule has 3 nitrogen and oxygen atoms in total. The predicted molar refractivity (Wildman–Crippen MR) is 200 cm³/mol. The number of fused-ring (bicyclic) bond motifs is 5. The second-order valence-electron chi connectivity index (χ2n) is 12.1. The van der Waals surface area contributed by atoms with Gasteiger partial charge >= 0.3 is 0 Å². The van der Waals surface area contributed by atoms with Crippen LogP contribution in [-0.2, 0) is 0 Å². The molecule has 0 saturated carbocycles. The average molecular weight is 612 g/mol. The van der Waals surface area contributed by atoms with Crippen LogP contribution in [0, 0.1) is 0 Å². The van der Waals surface area contributed by atoms with Gasteiger partial charge < -0.3 is 0 Å². The molecular formula is C45H29N3. The van der Waals surface area contributed by atoms with Crippen molar-refractivity contribution in [3.63, 3.8) is 0 Å². The molecule has 0 atom stereocenters. The van der Waals surface area contributed by atoms with E-state index in [0.29, 0.717) is 17.5 Å². The monoisotopic (exact) mass is 611 g/mol. The molecule has 0 aliphatic rings. The van der Waals surface area contributed by atoms with Crippen molar-refractivity contribution in [2.75, 3.05) is 0 Å². The fourth-order valence-corrected chi connectivity index (χ4v) is 6.75. The van der Waals surface area contributed by atoms with Gasteiger partial charge in [0.25, 0.3) is 0 Å². The number of nitrogens with zero attached hydrogens (tertiary/aromatic N) is 3. The van der Waals surface area contributed by atoms with E-state index in [0.717, 1.165) is 33.4 Å². The quantitative estimate of drug-likeness (QED) is 0.182. The maximum absolute atomic E-state index is 5.10. The third-order valence-electron chi connectivity index (χ3n) is 9.08. The first-order valence-corrected chi connectivity index (χ1v) is 16.2. The van der Waals surface area contributed by atoms with Gasteiger partial charge in [0.05, 0.1) is 0 Å². The largest absolute Gasteiger partial charge is 0.208 e. The van der Waals surface area contributed by atoms with Crippen LogP contribution in [0.1, 0.15) is 0 Å². The van der Waals surface area contributed by atoms with Crippen molar-refractivity contribution < 1.29 is 0 Å². The molecular weight excluding hydrogens is 583 g/mol. The molecule has 0 fully saturated rings. The van der Waals surface area contributed by atoms with E-state index in [1.807, 2.05) is 60.7 Å². The predicted octanol–water partition coefficient (Wildman–Crippen LogP) is 11.7. The molecule has 3 heteroatoms. The SMILES string of the molecule is c1ccc(-c2cc(-c3nc(-c4ccccc4)nc(-c4ccccc4)n3)cc(-c3cc4c5ccccc5ccc4c4ccccc34)c2)cc1. The summed E-state index contributed by atoms with van der Waals surface area (Å²) in [5.74, 6) is 1.93. The molecule has 9 rings (SSSR count). The Kier molecular flexibility index (Phi) is 6.80. The summed E-state index contributed by atoms with van der Waals surface area (Å²) < 4.78 is 0. The Morgan fingerprint density at radius 1 is 0.250 bits per heavy atom. The summed E-state index contributed by atoms with van der Waals surface area (Å²) in [6.45, 7) is 0. The summed E-state index contributed by atoms with van der Waals surface area (Å²) in [6.07, 6.45) is 0. The molecule has 0 amide bonds. The van der Waals surface area contributed by atoms with Crippen molar-refractivity contribution >= 4 is 32.3 Å². The Hall–Kier alpha value is -6.45. The number of hydrogen-bond acceptors (Lipinski definition) is 3. The van der Waals surface area contributed by atoms with Gasteiger partial charge in [0.15, 0.2) is 17.5 Å². The first-order valence-electron chi connectivity index (χ1n) is 16.2. The second-order valence-corrected chi connectivity index (χ2v) is 12.1. The molecule has 0 spiro atoms. The van der Waals surface area contributed by atoms with E-state index in [1.54, 1.807) is 0 Å². The van der Waals surface area contributed by atoms with Crippen LogP contribution in [0.25, 0.3) is 88.7 Å². The topological polar surface area (TPSA) is 38.7 Å². The molecule has 0 saturated heterocycles. The second kappa shape index (κ2) is 11.7. The Bertz CT molecular complexity index is 2540. The third kappa shape index (κ3) is 4.99. The van der Waals surface area contributed by atoms with Crippen molar-refractivity contribution in [2.45, 2.75) is 0 Å². The van der Waals surface area contributed by atoms with E-state index in [9.17, 15) is 0 Å². The minimum Gasteiger partial charge on any atom is -0.208 e. The summed E-state index contributed by atoms with van der Waals surface area (Å²) in [6, 6.07) is 61.8. The Balaban J connectivity index is 1.34. The summed E-state index contributed by atoms with van der Waals surface area (Å²) in [5, 5.41) is 7.43. The van der Waals surface area contributed by atoms with E-state index in [4.69, 9.17) is 15.0 Å². The fraction of sp³-hybridized carbons (Fsp3) is 0. The maximum atomic E-state index is 5.10. The average Bonchev–Trinajstić information content (AvgIpc) is 3.18. The molecule has 0 N–H and O–H groups in total. The van der Waals surface area contributed by atoms with E-state index in [2.05, 4.69) is 115 Å². The minimum atomic E-state index is 0.636. The molecule has 48 heavy (non-hydrogen) atoms. The zero-order chi connectivity index (χ0) is 31.9. The van der Waals surface area contributed by atoms with Gasteiger partial charge in [-0.15, -0.1) is 0 Å². The van der Waals surface area contributed by atoms with Crippen LogP contribution in [0.3, 0.4) is 0 Å². The van der Waals surface area contributed by atoms with Crippen LogP contribution >= 0.6 is 0 Å². The maximum Gasteiger partial charge on any atom is 0.164 e.